The molecular weight excluding hydrogens is 293 g/mol. The van der Waals surface area contributed by atoms with Crippen LogP contribution >= 0.6 is 27.5 Å². The van der Waals surface area contributed by atoms with Crippen molar-refractivity contribution in [2.24, 2.45) is 5.92 Å². The number of benzene rings is 1. The van der Waals surface area contributed by atoms with E-state index in [0.29, 0.717) is 18.0 Å². The van der Waals surface area contributed by atoms with E-state index in [1.165, 1.54) is 0 Å². The Morgan fingerprint density at radius 3 is 2.94 bits per heavy atom. The molecule has 1 aromatic rings. The Labute approximate surface area is 107 Å². The van der Waals surface area contributed by atoms with Gasteiger partial charge in [0.25, 0.3) is 0 Å². The monoisotopic (exact) mass is 303 g/mol. The van der Waals surface area contributed by atoms with Crippen molar-refractivity contribution in [3.63, 3.8) is 0 Å². The number of hydrogen-bond donors (Lipinski definition) is 2. The number of halogens is 2. The van der Waals surface area contributed by atoms with Crippen molar-refractivity contribution in [2.75, 3.05) is 6.54 Å². The minimum Gasteiger partial charge on any atom is -0.481 e. The summed E-state index contributed by atoms with van der Waals surface area (Å²) in [5.41, 5.74) is 1.02. The van der Waals surface area contributed by atoms with Gasteiger partial charge in [0.05, 0.1) is 10.9 Å². The predicted octanol–water partition coefficient (Wildman–Crippen LogP) is 2.84. The maximum Gasteiger partial charge on any atom is 0.307 e. The van der Waals surface area contributed by atoms with Gasteiger partial charge in [-0.25, -0.2) is 0 Å². The zero-order chi connectivity index (χ0) is 11.7. The Balaban J connectivity index is 2.21. The van der Waals surface area contributed by atoms with E-state index in [-0.39, 0.29) is 12.0 Å². The van der Waals surface area contributed by atoms with E-state index in [2.05, 4.69) is 21.2 Å². The highest BCUT2D eigenvalue weighted by molar-refractivity contribution is 9.10. The summed E-state index contributed by atoms with van der Waals surface area (Å²) >= 11 is 9.43. The second-order valence-electron chi connectivity index (χ2n) is 3.87. The highest BCUT2D eigenvalue weighted by atomic mass is 79.9. The minimum absolute atomic E-state index is 0.0641. The number of carboxylic acids is 1. The smallest absolute Gasteiger partial charge is 0.307 e. The van der Waals surface area contributed by atoms with E-state index in [1.54, 1.807) is 6.07 Å². The first-order valence-corrected chi connectivity index (χ1v) is 6.16. The number of aliphatic carboxylic acids is 1. The molecule has 86 valence electrons. The van der Waals surface area contributed by atoms with E-state index in [4.69, 9.17) is 16.7 Å². The van der Waals surface area contributed by atoms with Crippen molar-refractivity contribution in [2.45, 2.75) is 12.5 Å². The molecule has 2 unspecified atom stereocenters. The normalized spacial score (nSPS) is 24.6. The SMILES string of the molecule is O=C(O)C1CNC(c2cccc(Cl)c2Br)C1. The van der Waals surface area contributed by atoms with Gasteiger partial charge < -0.3 is 10.4 Å². The predicted molar refractivity (Wildman–Crippen MR) is 65.6 cm³/mol. The van der Waals surface area contributed by atoms with Gasteiger partial charge in [0.15, 0.2) is 0 Å². The van der Waals surface area contributed by atoms with E-state index in [9.17, 15) is 4.79 Å². The van der Waals surface area contributed by atoms with E-state index >= 15 is 0 Å². The first-order valence-electron chi connectivity index (χ1n) is 4.99. The number of hydrogen-bond acceptors (Lipinski definition) is 2. The number of carboxylic acid groups (broad SMARTS) is 1. The zero-order valence-electron chi connectivity index (χ0n) is 8.41. The Morgan fingerprint density at radius 2 is 2.31 bits per heavy atom. The molecular formula is C11H11BrClNO2. The first-order chi connectivity index (χ1) is 7.59. The molecule has 1 aliphatic heterocycles. The second kappa shape index (κ2) is 4.73. The summed E-state index contributed by atoms with van der Waals surface area (Å²) in [6.45, 7) is 0.513. The molecule has 1 aliphatic rings. The highest BCUT2D eigenvalue weighted by Gasteiger charge is 2.31. The molecule has 0 radical (unpaired) electrons. The Hall–Kier alpha value is -0.580. The van der Waals surface area contributed by atoms with Crippen LogP contribution in [0.25, 0.3) is 0 Å². The Kier molecular flexibility index (Phi) is 3.52. The summed E-state index contributed by atoms with van der Waals surface area (Å²) < 4.78 is 0.847. The summed E-state index contributed by atoms with van der Waals surface area (Å²) in [6, 6.07) is 5.70. The molecule has 0 spiro atoms. The summed E-state index contributed by atoms with van der Waals surface area (Å²) in [5, 5.41) is 12.8. The molecule has 0 aliphatic carbocycles. The van der Waals surface area contributed by atoms with Crippen LogP contribution in [0, 0.1) is 5.92 Å². The van der Waals surface area contributed by atoms with Gasteiger partial charge in [-0.3, -0.25) is 4.79 Å². The quantitative estimate of drug-likeness (QED) is 0.883. The topological polar surface area (TPSA) is 49.3 Å². The fourth-order valence-corrected chi connectivity index (χ4v) is 2.67. The van der Waals surface area contributed by atoms with Crippen LogP contribution in [0.2, 0.25) is 5.02 Å². The molecule has 1 fully saturated rings. The van der Waals surface area contributed by atoms with Gasteiger partial charge in [0, 0.05) is 17.1 Å². The van der Waals surface area contributed by atoms with Crippen LogP contribution in [-0.4, -0.2) is 17.6 Å². The fourth-order valence-electron chi connectivity index (χ4n) is 1.95. The summed E-state index contributed by atoms with van der Waals surface area (Å²) in [6.07, 6.45) is 0.605. The standard InChI is InChI=1S/C11H11BrClNO2/c12-10-7(2-1-3-8(10)13)9-4-6(5-14-9)11(15)16/h1-3,6,9,14H,4-5H2,(H,15,16). The van der Waals surface area contributed by atoms with Gasteiger partial charge in [-0.05, 0) is 34.0 Å². The lowest BCUT2D eigenvalue weighted by Crippen LogP contribution is -2.17. The van der Waals surface area contributed by atoms with Crippen LogP contribution in [0.15, 0.2) is 22.7 Å². The molecule has 0 amide bonds. The third-order valence-corrected chi connectivity index (χ3v) is 4.27. The van der Waals surface area contributed by atoms with Crippen molar-refractivity contribution < 1.29 is 9.90 Å². The average molecular weight is 305 g/mol. The molecule has 16 heavy (non-hydrogen) atoms. The number of rotatable bonds is 2. The Bertz CT molecular complexity index is 424. The van der Waals surface area contributed by atoms with E-state index in [0.717, 1.165) is 10.0 Å². The number of carbonyl (C=O) groups is 1. The van der Waals surface area contributed by atoms with Gasteiger partial charge in [-0.2, -0.15) is 0 Å². The maximum absolute atomic E-state index is 10.9. The maximum atomic E-state index is 10.9. The van der Waals surface area contributed by atoms with Crippen LogP contribution in [0.1, 0.15) is 18.0 Å². The van der Waals surface area contributed by atoms with E-state index < -0.39 is 5.97 Å². The van der Waals surface area contributed by atoms with Crippen LogP contribution in [-0.2, 0) is 4.79 Å². The molecule has 1 aromatic carbocycles. The van der Waals surface area contributed by atoms with Crippen molar-refractivity contribution >= 4 is 33.5 Å². The van der Waals surface area contributed by atoms with Crippen molar-refractivity contribution in [3.8, 4) is 0 Å². The lowest BCUT2D eigenvalue weighted by Gasteiger charge is -2.13. The van der Waals surface area contributed by atoms with Crippen LogP contribution in [0.5, 0.6) is 0 Å². The van der Waals surface area contributed by atoms with Crippen LogP contribution < -0.4 is 5.32 Å². The highest BCUT2D eigenvalue weighted by Crippen LogP contribution is 2.35. The van der Waals surface area contributed by atoms with E-state index in [1.807, 2.05) is 12.1 Å². The third-order valence-electron chi connectivity index (χ3n) is 2.84. The fraction of sp³-hybridized carbons (Fsp3) is 0.364. The molecule has 2 N–H and O–H groups in total. The average Bonchev–Trinajstić information content (AvgIpc) is 2.71. The van der Waals surface area contributed by atoms with Gasteiger partial charge >= 0.3 is 5.97 Å². The molecule has 0 saturated carbocycles. The molecule has 2 rings (SSSR count). The summed E-state index contributed by atoms with van der Waals surface area (Å²) in [7, 11) is 0. The largest absolute Gasteiger partial charge is 0.481 e. The Morgan fingerprint density at radius 1 is 1.56 bits per heavy atom. The molecule has 1 saturated heterocycles. The van der Waals surface area contributed by atoms with Gasteiger partial charge in [0.1, 0.15) is 0 Å². The zero-order valence-corrected chi connectivity index (χ0v) is 10.8. The first kappa shape index (κ1) is 11.9. The molecule has 0 aromatic heterocycles. The second-order valence-corrected chi connectivity index (χ2v) is 5.07. The molecule has 3 nitrogen and oxygen atoms in total. The van der Waals surface area contributed by atoms with Crippen molar-refractivity contribution in [1.82, 2.24) is 5.32 Å². The van der Waals surface area contributed by atoms with Gasteiger partial charge in [-0.15, -0.1) is 0 Å². The van der Waals surface area contributed by atoms with Crippen LogP contribution in [0.3, 0.4) is 0 Å². The summed E-state index contributed by atoms with van der Waals surface area (Å²) in [4.78, 5) is 10.9. The molecule has 1 heterocycles. The van der Waals surface area contributed by atoms with Gasteiger partial charge in [-0.1, -0.05) is 23.7 Å². The third kappa shape index (κ3) is 2.24. The minimum atomic E-state index is -0.742. The lowest BCUT2D eigenvalue weighted by atomic mass is 10.0. The molecule has 0 bridgehead atoms. The molecule has 2 atom stereocenters. The van der Waals surface area contributed by atoms with Crippen LogP contribution in [0.4, 0.5) is 0 Å². The van der Waals surface area contributed by atoms with Crippen molar-refractivity contribution in [3.05, 3.63) is 33.3 Å². The molecule has 5 heteroatoms. The summed E-state index contributed by atoms with van der Waals surface area (Å²) in [5.74, 6) is -1.05. The lowest BCUT2D eigenvalue weighted by molar-refractivity contribution is -0.141. The van der Waals surface area contributed by atoms with Gasteiger partial charge in [0.2, 0.25) is 0 Å². The van der Waals surface area contributed by atoms with Crippen molar-refractivity contribution in [1.29, 1.82) is 0 Å². The number of nitrogens with one attached hydrogen (secondary N) is 1.